The predicted octanol–water partition coefficient (Wildman–Crippen LogP) is 15.6. The van der Waals surface area contributed by atoms with E-state index >= 15 is 0 Å². The van der Waals surface area contributed by atoms with Gasteiger partial charge in [-0.05, 0) is 123 Å². The van der Waals surface area contributed by atoms with Crippen LogP contribution in [0.25, 0.3) is 88.4 Å². The molecule has 4 heteroatoms. The summed E-state index contributed by atoms with van der Waals surface area (Å²) in [5, 5.41) is 15.7. The Bertz CT molecular complexity index is 5000. The highest BCUT2D eigenvalue weighted by molar-refractivity contribution is 7.21. The molecule has 16 rings (SSSR count). The highest BCUT2D eigenvalue weighted by Crippen LogP contribution is 2.41. The summed E-state index contributed by atoms with van der Waals surface area (Å²) in [4.78, 5) is 0. The molecule has 0 fully saturated rings. The highest BCUT2D eigenvalue weighted by Gasteiger charge is 2.44. The Morgan fingerprint density at radius 1 is 0.193 bits per heavy atom. The zero-order valence-corrected chi connectivity index (χ0v) is 50.5. The van der Waals surface area contributed by atoms with Gasteiger partial charge in [0.1, 0.15) is 0 Å². The van der Waals surface area contributed by atoms with Crippen LogP contribution in [-0.4, -0.2) is 25.3 Å². The van der Waals surface area contributed by atoms with E-state index in [0.29, 0.717) is 0 Å². The van der Waals surface area contributed by atoms with Crippen molar-refractivity contribution in [2.45, 2.75) is 0 Å². The first-order valence-corrected chi connectivity index (χ1v) is 34.5. The third-order valence-corrected chi connectivity index (χ3v) is 27.9. The number of benzene rings is 14. The number of nitrogens with zero attached hydrogens (tertiary/aromatic N) is 2. The fourth-order valence-electron chi connectivity index (χ4n) is 14.7. The second kappa shape index (κ2) is 22.2. The number of hydrogen-bond donors (Lipinski definition) is 0. The van der Waals surface area contributed by atoms with Crippen LogP contribution >= 0.6 is 0 Å². The summed E-state index contributed by atoms with van der Waals surface area (Å²) in [6, 6.07) is 137. The summed E-state index contributed by atoms with van der Waals surface area (Å²) in [6.45, 7) is 0. The van der Waals surface area contributed by atoms with E-state index in [1.54, 1.807) is 0 Å². The first kappa shape index (κ1) is 52.7. The minimum absolute atomic E-state index is 1.12. The molecule has 2 aromatic heterocycles. The van der Waals surface area contributed by atoms with Crippen LogP contribution in [0, 0.1) is 0 Å². The zero-order valence-electron chi connectivity index (χ0n) is 48.5. The summed E-state index contributed by atoms with van der Waals surface area (Å²) in [5.41, 5.74) is 14.1. The molecule has 0 radical (unpaired) electrons. The van der Waals surface area contributed by atoms with Crippen LogP contribution in [0.15, 0.2) is 364 Å². The van der Waals surface area contributed by atoms with Gasteiger partial charge in [0, 0.05) is 32.9 Å². The van der Waals surface area contributed by atoms with E-state index in [1.807, 2.05) is 0 Å². The van der Waals surface area contributed by atoms with Crippen molar-refractivity contribution in [1.82, 2.24) is 9.13 Å². The van der Waals surface area contributed by atoms with Gasteiger partial charge in [0.15, 0.2) is 16.1 Å². The molecule has 0 unspecified atom stereocenters. The molecule has 414 valence electrons. The highest BCUT2D eigenvalue weighted by atomic mass is 28.3. The molecule has 16 aromatic rings. The third kappa shape index (κ3) is 8.59. The maximum absolute atomic E-state index is 3.17. The number of fused-ring (bicyclic) bond motifs is 6. The molecular weight excluding hydrogens is 1090 g/mol. The smallest absolute Gasteiger partial charge is 0.180 e. The van der Waals surface area contributed by atoms with Gasteiger partial charge < -0.3 is 9.13 Å². The molecular formula is C84H60N2Si2. The van der Waals surface area contributed by atoms with Crippen LogP contribution in [0.3, 0.4) is 0 Å². The molecule has 88 heavy (non-hydrogen) atoms. The molecule has 0 aliphatic heterocycles. The van der Waals surface area contributed by atoms with Gasteiger partial charge in [-0.2, -0.15) is 0 Å². The second-order valence-corrected chi connectivity index (χ2v) is 30.6. The number of para-hydroxylation sites is 1. The molecule has 0 spiro atoms. The molecule has 0 bridgehead atoms. The number of aromatic nitrogens is 2. The maximum atomic E-state index is 2.54. The van der Waals surface area contributed by atoms with Crippen molar-refractivity contribution in [3.8, 4) is 44.8 Å². The molecule has 2 nitrogen and oxygen atoms in total. The van der Waals surface area contributed by atoms with Gasteiger partial charge >= 0.3 is 0 Å². The van der Waals surface area contributed by atoms with Gasteiger partial charge in [-0.1, -0.05) is 315 Å². The van der Waals surface area contributed by atoms with E-state index in [0.717, 1.165) is 22.4 Å². The molecule has 0 saturated carbocycles. The largest absolute Gasteiger partial charge is 0.309 e. The minimum atomic E-state index is -3.17. The summed E-state index contributed by atoms with van der Waals surface area (Å²) in [6.07, 6.45) is 0. The van der Waals surface area contributed by atoms with Crippen LogP contribution in [0.4, 0.5) is 0 Å². The first-order chi connectivity index (χ1) is 43.7. The van der Waals surface area contributed by atoms with Crippen molar-refractivity contribution in [1.29, 1.82) is 0 Å². The quantitative estimate of drug-likeness (QED) is 0.0804. The van der Waals surface area contributed by atoms with Crippen LogP contribution < -0.4 is 41.5 Å². The maximum Gasteiger partial charge on any atom is 0.180 e. The Morgan fingerprint density at radius 3 is 1.09 bits per heavy atom. The Hall–Kier alpha value is -10.9. The van der Waals surface area contributed by atoms with Crippen LogP contribution in [0.2, 0.25) is 0 Å². The van der Waals surface area contributed by atoms with Crippen molar-refractivity contribution < 1.29 is 0 Å². The van der Waals surface area contributed by atoms with Gasteiger partial charge in [0.25, 0.3) is 0 Å². The molecule has 0 N–H and O–H groups in total. The fraction of sp³-hybridized carbons (Fsp3) is 0. The SMILES string of the molecule is c1ccc(-c2cccc([Si](c3ccccc3)(c3cccc(-c4ccccc4)c3)c3cccc(-n4c5ccc(-n6c7ccccc7c7c([Si](c8ccccc8)(c8ccccc8)c8ccccc8)cccc76)cc5c5c(-c6ccccc6)cccc54)c3)c2)cc1. The first-order valence-electron chi connectivity index (χ1n) is 30.5. The summed E-state index contributed by atoms with van der Waals surface area (Å²) < 4.78 is 5.08. The molecule has 2 heterocycles. The van der Waals surface area contributed by atoms with Crippen LogP contribution in [0.5, 0.6) is 0 Å². The monoisotopic (exact) mass is 1150 g/mol. The average molecular weight is 1150 g/mol. The van der Waals surface area contributed by atoms with Gasteiger partial charge in [-0.15, -0.1) is 0 Å². The topological polar surface area (TPSA) is 9.86 Å². The zero-order chi connectivity index (χ0) is 58.4. The van der Waals surface area contributed by atoms with Gasteiger partial charge in [-0.3, -0.25) is 0 Å². The predicted molar refractivity (Wildman–Crippen MR) is 379 cm³/mol. The van der Waals surface area contributed by atoms with Crippen molar-refractivity contribution in [2.75, 3.05) is 0 Å². The average Bonchev–Trinajstić information content (AvgIpc) is 1.49. The lowest BCUT2D eigenvalue weighted by Gasteiger charge is -2.35. The lowest BCUT2D eigenvalue weighted by Crippen LogP contribution is -2.74. The van der Waals surface area contributed by atoms with Crippen LogP contribution in [0.1, 0.15) is 0 Å². The Labute approximate surface area is 515 Å². The molecule has 0 aliphatic rings. The third-order valence-electron chi connectivity index (χ3n) is 18.4. The van der Waals surface area contributed by atoms with Gasteiger partial charge in [-0.25, -0.2) is 0 Å². The molecule has 0 aliphatic carbocycles. The Morgan fingerprint density at radius 2 is 0.557 bits per heavy atom. The minimum Gasteiger partial charge on any atom is -0.309 e. The van der Waals surface area contributed by atoms with Crippen molar-refractivity contribution in [2.24, 2.45) is 0 Å². The van der Waals surface area contributed by atoms with E-state index in [1.165, 1.54) is 107 Å². The number of rotatable bonds is 13. The normalized spacial score (nSPS) is 11.9. The van der Waals surface area contributed by atoms with Crippen molar-refractivity contribution in [3.63, 3.8) is 0 Å². The lowest BCUT2D eigenvalue weighted by atomic mass is 9.99. The Balaban J connectivity index is 0.960. The second-order valence-electron chi connectivity index (χ2n) is 23.1. The van der Waals surface area contributed by atoms with Crippen molar-refractivity contribution in [3.05, 3.63) is 364 Å². The lowest BCUT2D eigenvalue weighted by molar-refractivity contribution is 1.17. The molecule has 0 atom stereocenters. The van der Waals surface area contributed by atoms with E-state index in [9.17, 15) is 0 Å². The molecule has 0 amide bonds. The fourth-order valence-corrected chi connectivity index (χ4v) is 24.5. The Kier molecular flexibility index (Phi) is 13.3. The van der Waals surface area contributed by atoms with Crippen LogP contribution in [-0.2, 0) is 0 Å². The summed E-state index contributed by atoms with van der Waals surface area (Å²) >= 11 is 0. The van der Waals surface area contributed by atoms with E-state index < -0.39 is 16.1 Å². The standard InChI is InChI=1S/C84H60N2Si2/c1-8-29-61(30-9-1)64-35-24-46-72(57-64)87(68-38-14-4-15-39-68,73-47-25-36-65(58-73)62-31-10-2-11-32-62)74-48-26-37-66(59-74)85-79-56-55-67(60-77(79)83-75(50-27-52-80(83)85)63-33-12-3-13-34-63)86-78-51-23-22-49-76(78)84-81(86)53-28-54-82(84)88(69-40-16-5-17-41-69,70-42-18-6-19-43-70)71-44-20-7-21-45-71/h1-60H. The van der Waals surface area contributed by atoms with E-state index in [4.69, 9.17) is 0 Å². The van der Waals surface area contributed by atoms with Crippen molar-refractivity contribution >= 4 is 101 Å². The van der Waals surface area contributed by atoms with E-state index in [-0.39, 0.29) is 0 Å². The summed E-state index contributed by atoms with van der Waals surface area (Å²) in [5.74, 6) is 0. The van der Waals surface area contributed by atoms with Gasteiger partial charge in [0.2, 0.25) is 0 Å². The number of hydrogen-bond acceptors (Lipinski definition) is 0. The molecule has 0 saturated heterocycles. The summed E-state index contributed by atoms with van der Waals surface area (Å²) in [7, 11) is -6.13. The van der Waals surface area contributed by atoms with Gasteiger partial charge in [0.05, 0.1) is 22.1 Å². The molecule has 14 aromatic carbocycles. The van der Waals surface area contributed by atoms with E-state index in [2.05, 4.69) is 373 Å².